The highest BCUT2D eigenvalue weighted by Crippen LogP contribution is 2.60. The first-order valence-electron chi connectivity index (χ1n) is 10.00. The van der Waals surface area contributed by atoms with Crippen LogP contribution in [0.5, 0.6) is 0 Å². The van der Waals surface area contributed by atoms with Gasteiger partial charge in [-0.15, -0.1) is 9.80 Å². The Labute approximate surface area is 228 Å². The molecule has 0 bridgehead atoms. The summed E-state index contributed by atoms with van der Waals surface area (Å²) in [5.74, 6) is -5.15. The lowest BCUT2D eigenvalue weighted by Crippen LogP contribution is -2.78. The molecule has 0 spiro atoms. The third-order valence-electron chi connectivity index (χ3n) is 4.77. The minimum Gasteiger partial charge on any atom is -0.389 e. The lowest BCUT2D eigenvalue weighted by molar-refractivity contribution is -0.586. The second-order valence-corrected chi connectivity index (χ2v) is 8.15. The predicted octanol–water partition coefficient (Wildman–Crippen LogP) is 6.47. The number of hydrogen-bond donors (Lipinski definition) is 1. The van der Waals surface area contributed by atoms with Gasteiger partial charge < -0.3 is 9.84 Å². The summed E-state index contributed by atoms with van der Waals surface area (Å²) in [6.45, 7) is -8.54. The maximum absolute atomic E-state index is 13.4. The second-order valence-electron chi connectivity index (χ2n) is 8.15. The zero-order chi connectivity index (χ0) is 36.5. The van der Waals surface area contributed by atoms with Gasteiger partial charge in [-0.25, -0.2) is 18.3 Å². The van der Waals surface area contributed by atoms with Gasteiger partial charge in [-0.2, -0.15) is 96.6 Å². The van der Waals surface area contributed by atoms with Crippen molar-refractivity contribution in [3.63, 3.8) is 0 Å². The fourth-order valence-electron chi connectivity index (χ4n) is 2.77. The Bertz CT molecular complexity index is 998. The van der Waals surface area contributed by atoms with Crippen molar-refractivity contribution in [1.82, 2.24) is 9.80 Å². The van der Waals surface area contributed by atoms with Gasteiger partial charge in [0.25, 0.3) is 0 Å². The van der Waals surface area contributed by atoms with Crippen LogP contribution in [-0.4, -0.2) is 108 Å². The van der Waals surface area contributed by atoms with Crippen LogP contribution in [-0.2, 0) is 14.2 Å². The summed E-state index contributed by atoms with van der Waals surface area (Å²) in [6, 6.07) is -38.5. The van der Waals surface area contributed by atoms with E-state index >= 15 is 0 Å². The van der Waals surface area contributed by atoms with Crippen molar-refractivity contribution >= 4 is 0 Å². The number of halogens is 24. The highest BCUT2D eigenvalue weighted by molar-refractivity contribution is 4.99. The third-order valence-corrected chi connectivity index (χ3v) is 4.77. The van der Waals surface area contributed by atoms with Gasteiger partial charge in [0, 0.05) is 0 Å². The molecule has 30 heteroatoms. The monoisotopic (exact) mass is 736 g/mol. The third kappa shape index (κ3) is 6.89. The fourth-order valence-corrected chi connectivity index (χ4v) is 2.77. The van der Waals surface area contributed by atoms with E-state index in [1.165, 1.54) is 0 Å². The van der Waals surface area contributed by atoms with Crippen molar-refractivity contribution in [2.45, 2.75) is 73.1 Å². The molecule has 0 aromatic rings. The number of aliphatic hydroxyl groups excluding tert-OH is 1. The van der Waals surface area contributed by atoms with Gasteiger partial charge in [0.1, 0.15) is 19.8 Å². The van der Waals surface area contributed by atoms with E-state index in [0.717, 1.165) is 0 Å². The van der Waals surface area contributed by atoms with Crippen molar-refractivity contribution in [1.29, 1.82) is 0 Å². The van der Waals surface area contributed by atoms with Crippen molar-refractivity contribution in [3.05, 3.63) is 0 Å². The number of aliphatic hydroxyl groups is 1. The minimum absolute atomic E-state index is 1.91. The molecule has 2 heterocycles. The quantitative estimate of drug-likeness (QED) is 0.228. The van der Waals surface area contributed by atoms with E-state index in [4.69, 9.17) is 5.11 Å². The maximum atomic E-state index is 13.4. The number of morpholine rings is 2. The van der Waals surface area contributed by atoms with Crippen LogP contribution in [0.2, 0.25) is 0 Å². The molecule has 2 aliphatic rings. The highest BCUT2D eigenvalue weighted by Gasteiger charge is 2.88. The summed E-state index contributed by atoms with van der Waals surface area (Å²) in [5, 5.41) is 7.96. The van der Waals surface area contributed by atoms with Crippen LogP contribution in [0.25, 0.3) is 0 Å². The first-order valence-corrected chi connectivity index (χ1v) is 10.00. The Morgan fingerprint density at radius 3 is 1.02 bits per heavy atom. The largest absolute Gasteiger partial charge is 0.439 e. The van der Waals surface area contributed by atoms with Crippen molar-refractivity contribution in [2.24, 2.45) is 0 Å². The average molecular weight is 736 g/mol. The summed E-state index contributed by atoms with van der Waals surface area (Å²) in [6.07, 6.45) is -30.3. The number of rotatable bonds is 8. The standard InChI is InChI=1S/C9H5F14NO2.C6H3F10NO2/c10-3(11)4(12,13)1-25-2-5(14,15)24-6(16,17)8(20,21)26-9(22,23)7(24,18)19;7-2(8,1-18)17-3(9,10)5(13,14)19-6(15,16)4(17,11)12/h3H,1-2H2;18H,1H2. The molecule has 0 amide bonds. The summed E-state index contributed by atoms with van der Waals surface area (Å²) in [4.78, 5) is -6.34. The Morgan fingerprint density at radius 2 is 0.778 bits per heavy atom. The van der Waals surface area contributed by atoms with Crippen molar-refractivity contribution < 1.29 is 125 Å². The molecule has 0 unspecified atom stereocenters. The molecular weight excluding hydrogens is 728 g/mol. The van der Waals surface area contributed by atoms with E-state index in [9.17, 15) is 105 Å². The van der Waals surface area contributed by atoms with Crippen molar-refractivity contribution in [3.8, 4) is 0 Å². The number of nitrogens with zero attached hydrogens (tertiary/aromatic N) is 2. The molecule has 0 radical (unpaired) electrons. The van der Waals surface area contributed by atoms with Gasteiger partial charge in [-0.1, -0.05) is 0 Å². The van der Waals surface area contributed by atoms with Crippen LogP contribution in [0.15, 0.2) is 0 Å². The van der Waals surface area contributed by atoms with Crippen LogP contribution in [0.1, 0.15) is 0 Å². The maximum Gasteiger partial charge on any atom is 0.439 e. The lowest BCUT2D eigenvalue weighted by atomic mass is 10.2. The predicted molar refractivity (Wildman–Crippen MR) is 84.2 cm³/mol. The minimum atomic E-state index is -6.78. The molecule has 0 atom stereocenters. The fraction of sp³-hybridized carbons (Fsp3) is 1.00. The van der Waals surface area contributed by atoms with E-state index in [0.29, 0.717) is 0 Å². The van der Waals surface area contributed by atoms with Gasteiger partial charge >= 0.3 is 73.1 Å². The van der Waals surface area contributed by atoms with Gasteiger partial charge in [-0.05, 0) is 0 Å². The summed E-state index contributed by atoms with van der Waals surface area (Å²) in [7, 11) is 0. The molecule has 2 rings (SSSR count). The Hall–Kier alpha value is -1.92. The first kappa shape index (κ1) is 41.1. The SMILES string of the molecule is FC(F)C(F)(F)COCC(F)(F)N1C(F)(F)C(F)(F)OC(F)(F)C1(F)F.OCC(F)(F)N1C(F)(F)C(F)(F)OC(F)(F)C1(F)F. The number of hydrogen-bond acceptors (Lipinski definition) is 6. The van der Waals surface area contributed by atoms with Crippen LogP contribution in [0.4, 0.5) is 105 Å². The van der Waals surface area contributed by atoms with Crippen LogP contribution in [0, 0.1) is 0 Å². The molecule has 2 aliphatic heterocycles. The van der Waals surface area contributed by atoms with Gasteiger partial charge in [0.2, 0.25) is 0 Å². The average Bonchev–Trinajstić information content (AvgIpc) is 2.74. The van der Waals surface area contributed by atoms with Crippen LogP contribution < -0.4 is 0 Å². The number of alkyl halides is 24. The summed E-state index contributed by atoms with van der Waals surface area (Å²) < 4.78 is 313. The molecule has 6 nitrogen and oxygen atoms in total. The molecule has 2 fully saturated rings. The number of ether oxygens (including phenoxy) is 3. The van der Waals surface area contributed by atoms with Gasteiger partial charge in [0.15, 0.2) is 0 Å². The molecule has 0 aliphatic carbocycles. The van der Waals surface area contributed by atoms with Crippen LogP contribution >= 0.6 is 0 Å². The van der Waals surface area contributed by atoms with Crippen LogP contribution in [0.3, 0.4) is 0 Å². The molecule has 0 aromatic heterocycles. The summed E-state index contributed by atoms with van der Waals surface area (Å²) in [5.41, 5.74) is 0. The van der Waals surface area contributed by atoms with E-state index in [2.05, 4.69) is 4.74 Å². The highest BCUT2D eigenvalue weighted by atomic mass is 19.4. The zero-order valence-electron chi connectivity index (χ0n) is 19.8. The van der Waals surface area contributed by atoms with Gasteiger partial charge in [-0.3, -0.25) is 0 Å². The molecule has 0 aromatic carbocycles. The van der Waals surface area contributed by atoms with Crippen molar-refractivity contribution in [2.75, 3.05) is 19.8 Å². The van der Waals surface area contributed by atoms with E-state index in [1.54, 1.807) is 0 Å². The molecule has 270 valence electrons. The molecule has 2 saturated heterocycles. The Balaban J connectivity index is 0.000000472. The van der Waals surface area contributed by atoms with E-state index in [-0.39, 0.29) is 0 Å². The smallest absolute Gasteiger partial charge is 0.389 e. The Morgan fingerprint density at radius 1 is 0.511 bits per heavy atom. The molecule has 1 N–H and O–H groups in total. The topological polar surface area (TPSA) is 54.4 Å². The van der Waals surface area contributed by atoms with E-state index < -0.39 is 103 Å². The molecule has 45 heavy (non-hydrogen) atoms. The second kappa shape index (κ2) is 11.4. The first-order chi connectivity index (χ1) is 19.4. The van der Waals surface area contributed by atoms with E-state index in [1.807, 2.05) is 9.47 Å². The van der Waals surface area contributed by atoms with Gasteiger partial charge in [0.05, 0.1) is 0 Å². The Kier molecular flexibility index (Phi) is 10.4. The summed E-state index contributed by atoms with van der Waals surface area (Å²) >= 11 is 0. The zero-order valence-corrected chi connectivity index (χ0v) is 19.8. The molecule has 0 saturated carbocycles. The lowest BCUT2D eigenvalue weighted by Gasteiger charge is -2.49. The normalized spacial score (nSPS) is 27.1. The molecular formula is C15H8F24N2O4.